The Kier molecular flexibility index (Phi) is 10.2. The molecule has 8 nitrogen and oxygen atoms in total. The lowest BCUT2D eigenvalue weighted by atomic mass is 9.87. The molecule has 0 aliphatic rings. The molecule has 0 aliphatic heterocycles. The van der Waals surface area contributed by atoms with E-state index in [0.717, 1.165) is 17.0 Å². The molecule has 2 heterocycles. The smallest absolute Gasteiger partial charge is 0.341 e. The molecule has 0 saturated heterocycles. The molecule has 2 aromatic heterocycles. The molecule has 0 saturated carbocycles. The molecule has 3 rings (SSSR count). The number of esters is 1. The van der Waals surface area contributed by atoms with E-state index in [1.165, 1.54) is 28.7 Å². The van der Waals surface area contributed by atoms with Crippen molar-refractivity contribution < 1.29 is 19.1 Å². The van der Waals surface area contributed by atoms with Crippen molar-refractivity contribution in [2.24, 2.45) is 0 Å². The number of allylic oxidation sites excluding steroid dienone is 1. The standard InChI is InChI=1S/C28H36N4O4S2/c1-8-15-32-24(18(4)36-20-13-11-19(12-14-20)28(5,6)7)30-31-27(32)37-17-23(33)29-25-22(26(34)35-10-3)16-21(9-2)38-25/h8,11-14,16,18H,1,9-10,15,17H2,2-7H3,(H,29,33). The van der Waals surface area contributed by atoms with Gasteiger partial charge in [0, 0.05) is 11.4 Å². The molecule has 38 heavy (non-hydrogen) atoms. The van der Waals surface area contributed by atoms with Gasteiger partial charge in [-0.25, -0.2) is 4.79 Å². The molecule has 0 aliphatic carbocycles. The first-order valence-corrected chi connectivity index (χ1v) is 14.4. The van der Waals surface area contributed by atoms with Crippen molar-refractivity contribution in [3.8, 4) is 5.75 Å². The number of hydrogen-bond acceptors (Lipinski definition) is 8. The van der Waals surface area contributed by atoms with Gasteiger partial charge >= 0.3 is 5.97 Å². The van der Waals surface area contributed by atoms with Gasteiger partial charge < -0.3 is 14.8 Å². The van der Waals surface area contributed by atoms with Gasteiger partial charge in [-0.3, -0.25) is 9.36 Å². The molecule has 3 aromatic rings. The molecule has 0 radical (unpaired) electrons. The highest BCUT2D eigenvalue weighted by Crippen LogP contribution is 2.31. The molecular weight excluding hydrogens is 520 g/mol. The summed E-state index contributed by atoms with van der Waals surface area (Å²) in [5.74, 6) is 0.794. The maximum atomic E-state index is 12.8. The molecule has 0 spiro atoms. The molecule has 1 amide bonds. The van der Waals surface area contributed by atoms with E-state index in [9.17, 15) is 9.59 Å². The number of thioether (sulfide) groups is 1. The van der Waals surface area contributed by atoms with Gasteiger partial charge in [0.05, 0.1) is 17.9 Å². The van der Waals surface area contributed by atoms with Crippen molar-refractivity contribution in [1.82, 2.24) is 14.8 Å². The zero-order valence-corrected chi connectivity index (χ0v) is 24.5. The Bertz CT molecular complexity index is 1260. The zero-order valence-electron chi connectivity index (χ0n) is 22.9. The van der Waals surface area contributed by atoms with E-state index >= 15 is 0 Å². The number of aryl methyl sites for hydroxylation is 1. The fourth-order valence-electron chi connectivity index (χ4n) is 3.66. The monoisotopic (exact) mass is 556 g/mol. The number of ether oxygens (including phenoxy) is 2. The average molecular weight is 557 g/mol. The third kappa shape index (κ3) is 7.48. The number of aromatic nitrogens is 3. The van der Waals surface area contributed by atoms with Gasteiger partial charge in [0.1, 0.15) is 10.8 Å². The molecule has 0 fully saturated rings. The van der Waals surface area contributed by atoms with Crippen LogP contribution in [0.4, 0.5) is 5.00 Å². The largest absolute Gasteiger partial charge is 0.483 e. The highest BCUT2D eigenvalue weighted by atomic mass is 32.2. The molecule has 0 bridgehead atoms. The van der Waals surface area contributed by atoms with Crippen LogP contribution < -0.4 is 10.1 Å². The van der Waals surface area contributed by atoms with E-state index in [4.69, 9.17) is 9.47 Å². The van der Waals surface area contributed by atoms with E-state index in [-0.39, 0.29) is 29.8 Å². The van der Waals surface area contributed by atoms with Crippen LogP contribution in [0.25, 0.3) is 0 Å². The number of nitrogens with zero attached hydrogens (tertiary/aromatic N) is 3. The summed E-state index contributed by atoms with van der Waals surface area (Å²) in [6.07, 6.45) is 2.15. The highest BCUT2D eigenvalue weighted by Gasteiger charge is 2.22. The Morgan fingerprint density at radius 2 is 1.92 bits per heavy atom. The van der Waals surface area contributed by atoms with Gasteiger partial charge in [0.2, 0.25) is 5.91 Å². The summed E-state index contributed by atoms with van der Waals surface area (Å²) in [7, 11) is 0. The van der Waals surface area contributed by atoms with Crippen molar-refractivity contribution >= 4 is 40.0 Å². The lowest BCUT2D eigenvalue weighted by Crippen LogP contribution is -2.17. The van der Waals surface area contributed by atoms with Crippen LogP contribution in [0, 0.1) is 0 Å². The lowest BCUT2D eigenvalue weighted by molar-refractivity contribution is -0.113. The molecular formula is C28H36N4O4S2. The maximum Gasteiger partial charge on any atom is 0.341 e. The van der Waals surface area contributed by atoms with Crippen molar-refractivity contribution in [2.75, 3.05) is 17.7 Å². The molecule has 204 valence electrons. The van der Waals surface area contributed by atoms with Gasteiger partial charge in [-0.2, -0.15) is 0 Å². The van der Waals surface area contributed by atoms with Crippen molar-refractivity contribution in [2.45, 2.75) is 71.2 Å². The SMILES string of the molecule is C=CCn1c(SCC(=O)Nc2sc(CC)cc2C(=O)OCC)nnc1C(C)Oc1ccc(C(C)(C)C)cc1. The first-order chi connectivity index (χ1) is 18.1. The number of benzene rings is 1. The summed E-state index contributed by atoms with van der Waals surface area (Å²) in [6.45, 7) is 16.8. The first-order valence-electron chi connectivity index (χ1n) is 12.6. The van der Waals surface area contributed by atoms with Gasteiger partial charge in [-0.05, 0) is 49.4 Å². The van der Waals surface area contributed by atoms with E-state index in [1.54, 1.807) is 19.1 Å². The maximum absolute atomic E-state index is 12.8. The fourth-order valence-corrected chi connectivity index (χ4v) is 5.42. The van der Waals surface area contributed by atoms with Crippen molar-refractivity contribution in [3.63, 3.8) is 0 Å². The predicted molar refractivity (Wildman–Crippen MR) is 153 cm³/mol. The minimum Gasteiger partial charge on any atom is -0.483 e. The fraction of sp³-hybridized carbons (Fsp3) is 0.429. The van der Waals surface area contributed by atoms with Crippen molar-refractivity contribution in [3.05, 3.63) is 64.8 Å². The lowest BCUT2D eigenvalue weighted by Gasteiger charge is -2.20. The number of amides is 1. The number of thiophene rings is 1. The molecule has 1 unspecified atom stereocenters. The normalized spacial score (nSPS) is 12.2. The number of carbonyl (C=O) groups excluding carboxylic acids is 2. The van der Waals surface area contributed by atoms with Crippen LogP contribution in [0.5, 0.6) is 5.75 Å². The van der Waals surface area contributed by atoms with Crippen LogP contribution in [-0.4, -0.2) is 39.0 Å². The third-order valence-corrected chi connectivity index (χ3v) is 7.83. The highest BCUT2D eigenvalue weighted by molar-refractivity contribution is 7.99. The Hall–Kier alpha value is -3.11. The summed E-state index contributed by atoms with van der Waals surface area (Å²) < 4.78 is 13.2. The second-order valence-corrected chi connectivity index (χ2v) is 11.7. The quantitative estimate of drug-likeness (QED) is 0.156. The minimum absolute atomic E-state index is 0.0644. The van der Waals surface area contributed by atoms with Gasteiger partial charge in [0.15, 0.2) is 17.1 Å². The van der Waals surface area contributed by atoms with Crippen LogP contribution in [0.2, 0.25) is 0 Å². The Morgan fingerprint density at radius 3 is 2.53 bits per heavy atom. The van der Waals surface area contributed by atoms with Crippen LogP contribution >= 0.6 is 23.1 Å². The number of rotatable bonds is 12. The summed E-state index contributed by atoms with van der Waals surface area (Å²) in [4.78, 5) is 26.1. The topological polar surface area (TPSA) is 95.3 Å². The van der Waals surface area contributed by atoms with Crippen LogP contribution in [0.3, 0.4) is 0 Å². The summed E-state index contributed by atoms with van der Waals surface area (Å²) >= 11 is 2.64. The van der Waals surface area contributed by atoms with E-state index < -0.39 is 5.97 Å². The second-order valence-electron chi connectivity index (χ2n) is 9.64. The van der Waals surface area contributed by atoms with Crippen LogP contribution in [0.1, 0.15) is 74.3 Å². The first kappa shape index (κ1) is 29.4. The minimum atomic E-state index is -0.441. The van der Waals surface area contributed by atoms with Crippen molar-refractivity contribution in [1.29, 1.82) is 0 Å². The van der Waals surface area contributed by atoms with Gasteiger partial charge in [0.25, 0.3) is 0 Å². The van der Waals surface area contributed by atoms with Gasteiger partial charge in [-0.1, -0.05) is 57.7 Å². The van der Waals surface area contributed by atoms with Crippen LogP contribution in [0.15, 0.2) is 48.1 Å². The number of nitrogens with one attached hydrogen (secondary N) is 1. The molecule has 1 atom stereocenters. The van der Waals surface area contributed by atoms with Gasteiger partial charge in [-0.15, -0.1) is 28.1 Å². The van der Waals surface area contributed by atoms with E-state index in [0.29, 0.717) is 28.1 Å². The van der Waals surface area contributed by atoms with E-state index in [2.05, 4.69) is 55.0 Å². The molecule has 10 heteroatoms. The summed E-state index contributed by atoms with van der Waals surface area (Å²) in [5.41, 5.74) is 1.67. The molecule has 1 aromatic carbocycles. The van der Waals surface area contributed by atoms with Crippen LogP contribution in [-0.2, 0) is 27.9 Å². The number of anilines is 1. The average Bonchev–Trinajstić information content (AvgIpc) is 3.47. The number of carbonyl (C=O) groups is 2. The Balaban J connectivity index is 1.68. The number of hydrogen-bond donors (Lipinski definition) is 1. The third-order valence-electron chi connectivity index (χ3n) is 5.67. The van der Waals surface area contributed by atoms with E-state index in [1.807, 2.05) is 30.5 Å². The Morgan fingerprint density at radius 1 is 1.21 bits per heavy atom. The summed E-state index contributed by atoms with van der Waals surface area (Å²) in [6, 6.07) is 9.84. The Labute approximate surface area is 232 Å². The summed E-state index contributed by atoms with van der Waals surface area (Å²) in [5, 5.41) is 12.6. The second kappa shape index (κ2) is 13.1. The molecule has 1 N–H and O–H groups in total. The predicted octanol–water partition coefficient (Wildman–Crippen LogP) is 6.43. The zero-order chi connectivity index (χ0) is 27.9.